The summed E-state index contributed by atoms with van der Waals surface area (Å²) in [6.07, 6.45) is 6.51. The number of piperidine rings is 1. The molecule has 2 heterocycles. The monoisotopic (exact) mass is 262 g/mol. The molecule has 1 saturated heterocycles. The van der Waals surface area contributed by atoms with Gasteiger partial charge in [-0.2, -0.15) is 0 Å². The number of hydrogen-bond acceptors (Lipinski definition) is 4. The van der Waals surface area contributed by atoms with E-state index in [0.29, 0.717) is 0 Å². The number of aryl methyl sites for hydroxylation is 1. The highest BCUT2D eigenvalue weighted by atomic mass is 15.2. The van der Waals surface area contributed by atoms with Crippen LogP contribution in [0, 0.1) is 5.92 Å². The van der Waals surface area contributed by atoms with Crippen LogP contribution in [0.5, 0.6) is 0 Å². The van der Waals surface area contributed by atoms with Gasteiger partial charge in [-0.05, 0) is 45.2 Å². The Kier molecular flexibility index (Phi) is 5.58. The molecule has 1 aromatic rings. The van der Waals surface area contributed by atoms with Crippen LogP contribution in [0.4, 0.5) is 5.82 Å². The largest absolute Gasteiger partial charge is 0.356 e. The zero-order valence-electron chi connectivity index (χ0n) is 12.2. The van der Waals surface area contributed by atoms with E-state index in [1.807, 2.05) is 0 Å². The quantitative estimate of drug-likeness (QED) is 0.854. The minimum atomic E-state index is 0.748. The van der Waals surface area contributed by atoms with Gasteiger partial charge in [0.25, 0.3) is 0 Å². The van der Waals surface area contributed by atoms with Gasteiger partial charge >= 0.3 is 0 Å². The minimum absolute atomic E-state index is 0.748. The van der Waals surface area contributed by atoms with Crippen molar-refractivity contribution in [2.75, 3.05) is 31.1 Å². The van der Waals surface area contributed by atoms with E-state index in [1.54, 1.807) is 6.33 Å². The molecule has 0 aliphatic carbocycles. The first-order valence-corrected chi connectivity index (χ1v) is 7.60. The van der Waals surface area contributed by atoms with Gasteiger partial charge in [-0.3, -0.25) is 0 Å². The van der Waals surface area contributed by atoms with Gasteiger partial charge < -0.3 is 10.2 Å². The second-order valence-corrected chi connectivity index (χ2v) is 5.37. The predicted octanol–water partition coefficient (Wildman–Crippen LogP) is 2.25. The van der Waals surface area contributed by atoms with Gasteiger partial charge in [0, 0.05) is 24.8 Å². The standard InChI is InChI=1S/C15H26N4/c1-3-6-14-9-15(18-12-17-14)19(4-2)11-13-7-5-8-16-10-13/h9,12-13,16H,3-8,10-11H2,1-2H3. The summed E-state index contributed by atoms with van der Waals surface area (Å²) in [7, 11) is 0. The Balaban J connectivity index is 2.01. The van der Waals surface area contributed by atoms with Crippen molar-refractivity contribution in [3.05, 3.63) is 18.1 Å². The van der Waals surface area contributed by atoms with E-state index < -0.39 is 0 Å². The minimum Gasteiger partial charge on any atom is -0.356 e. The van der Waals surface area contributed by atoms with Crippen LogP contribution in [0.3, 0.4) is 0 Å². The second-order valence-electron chi connectivity index (χ2n) is 5.37. The van der Waals surface area contributed by atoms with E-state index in [0.717, 1.165) is 49.9 Å². The van der Waals surface area contributed by atoms with E-state index >= 15 is 0 Å². The van der Waals surface area contributed by atoms with Crippen LogP contribution in [0.2, 0.25) is 0 Å². The lowest BCUT2D eigenvalue weighted by molar-refractivity contribution is 0.377. The third-order valence-electron chi connectivity index (χ3n) is 3.80. The molecule has 1 aliphatic heterocycles. The third-order valence-corrected chi connectivity index (χ3v) is 3.80. The molecule has 4 nitrogen and oxygen atoms in total. The van der Waals surface area contributed by atoms with Crippen LogP contribution in [-0.2, 0) is 6.42 Å². The normalized spacial score (nSPS) is 19.4. The average molecular weight is 262 g/mol. The van der Waals surface area contributed by atoms with E-state index in [9.17, 15) is 0 Å². The molecule has 2 rings (SSSR count). The second kappa shape index (κ2) is 7.43. The van der Waals surface area contributed by atoms with Gasteiger partial charge in [0.2, 0.25) is 0 Å². The molecule has 19 heavy (non-hydrogen) atoms. The third kappa shape index (κ3) is 4.16. The molecule has 106 valence electrons. The lowest BCUT2D eigenvalue weighted by Gasteiger charge is -2.30. The number of aromatic nitrogens is 2. The number of hydrogen-bond donors (Lipinski definition) is 1. The Labute approximate surface area is 116 Å². The Bertz CT molecular complexity index is 374. The maximum absolute atomic E-state index is 4.45. The van der Waals surface area contributed by atoms with Crippen molar-refractivity contribution in [2.24, 2.45) is 5.92 Å². The van der Waals surface area contributed by atoms with E-state index in [2.05, 4.69) is 40.1 Å². The van der Waals surface area contributed by atoms with Crippen molar-refractivity contribution >= 4 is 5.82 Å². The van der Waals surface area contributed by atoms with Gasteiger partial charge in [0.05, 0.1) is 0 Å². The summed E-state index contributed by atoms with van der Waals surface area (Å²) in [5.74, 6) is 1.84. The predicted molar refractivity (Wildman–Crippen MR) is 79.5 cm³/mol. The molecule has 0 aromatic carbocycles. The topological polar surface area (TPSA) is 41.0 Å². The smallest absolute Gasteiger partial charge is 0.132 e. The van der Waals surface area contributed by atoms with Gasteiger partial charge in [0.1, 0.15) is 12.1 Å². The zero-order valence-corrected chi connectivity index (χ0v) is 12.2. The SMILES string of the molecule is CCCc1cc(N(CC)CC2CCCNC2)ncn1. The van der Waals surface area contributed by atoms with Gasteiger partial charge in [-0.15, -0.1) is 0 Å². The lowest BCUT2D eigenvalue weighted by Crippen LogP contribution is -2.38. The Morgan fingerprint density at radius 1 is 1.37 bits per heavy atom. The molecule has 1 fully saturated rings. The number of anilines is 1. The van der Waals surface area contributed by atoms with Crippen LogP contribution in [0.15, 0.2) is 12.4 Å². The fourth-order valence-corrected chi connectivity index (χ4v) is 2.73. The molecule has 0 saturated carbocycles. The van der Waals surface area contributed by atoms with Gasteiger partial charge in [-0.1, -0.05) is 13.3 Å². The van der Waals surface area contributed by atoms with Crippen LogP contribution >= 0.6 is 0 Å². The van der Waals surface area contributed by atoms with Crippen LogP contribution in [0.25, 0.3) is 0 Å². The Morgan fingerprint density at radius 2 is 2.26 bits per heavy atom. The fraction of sp³-hybridized carbons (Fsp3) is 0.733. The number of rotatable bonds is 6. The molecule has 0 radical (unpaired) electrons. The molecule has 1 aliphatic rings. The molecule has 0 amide bonds. The van der Waals surface area contributed by atoms with E-state index in [1.165, 1.54) is 19.4 Å². The number of nitrogens with zero attached hydrogens (tertiary/aromatic N) is 3. The van der Waals surface area contributed by atoms with Gasteiger partial charge in [-0.25, -0.2) is 9.97 Å². The Hall–Kier alpha value is -1.16. The summed E-state index contributed by atoms with van der Waals surface area (Å²) in [6.45, 7) is 8.83. The molecule has 0 spiro atoms. The Morgan fingerprint density at radius 3 is 2.95 bits per heavy atom. The first-order valence-electron chi connectivity index (χ1n) is 7.60. The van der Waals surface area contributed by atoms with Crippen LogP contribution in [0.1, 0.15) is 38.8 Å². The summed E-state index contributed by atoms with van der Waals surface area (Å²) in [5.41, 5.74) is 1.16. The average Bonchev–Trinajstić information content (AvgIpc) is 2.46. The first kappa shape index (κ1) is 14.3. The molecule has 1 N–H and O–H groups in total. The molecule has 0 bridgehead atoms. The highest BCUT2D eigenvalue weighted by Gasteiger charge is 2.17. The molecule has 4 heteroatoms. The summed E-state index contributed by atoms with van der Waals surface area (Å²) in [6, 6.07) is 2.16. The van der Waals surface area contributed by atoms with Crippen molar-refractivity contribution in [3.63, 3.8) is 0 Å². The van der Waals surface area contributed by atoms with Crippen LogP contribution in [-0.4, -0.2) is 36.1 Å². The fourth-order valence-electron chi connectivity index (χ4n) is 2.73. The van der Waals surface area contributed by atoms with Crippen LogP contribution < -0.4 is 10.2 Å². The summed E-state index contributed by atoms with van der Waals surface area (Å²) >= 11 is 0. The van der Waals surface area contributed by atoms with E-state index in [-0.39, 0.29) is 0 Å². The van der Waals surface area contributed by atoms with Gasteiger partial charge in [0.15, 0.2) is 0 Å². The highest BCUT2D eigenvalue weighted by Crippen LogP contribution is 2.17. The lowest BCUT2D eigenvalue weighted by atomic mass is 9.99. The summed E-state index contributed by atoms with van der Waals surface area (Å²) in [5, 5.41) is 3.49. The van der Waals surface area contributed by atoms with Crippen molar-refractivity contribution in [1.82, 2.24) is 15.3 Å². The van der Waals surface area contributed by atoms with E-state index in [4.69, 9.17) is 0 Å². The van der Waals surface area contributed by atoms with Crippen molar-refractivity contribution in [3.8, 4) is 0 Å². The molecular formula is C15H26N4. The highest BCUT2D eigenvalue weighted by molar-refractivity contribution is 5.38. The molecular weight excluding hydrogens is 236 g/mol. The molecule has 1 unspecified atom stereocenters. The zero-order chi connectivity index (χ0) is 13.5. The summed E-state index contributed by atoms with van der Waals surface area (Å²) < 4.78 is 0. The maximum Gasteiger partial charge on any atom is 0.132 e. The van der Waals surface area contributed by atoms with Crippen molar-refractivity contribution in [2.45, 2.75) is 39.5 Å². The van der Waals surface area contributed by atoms with Crippen molar-refractivity contribution < 1.29 is 0 Å². The molecule has 1 aromatic heterocycles. The maximum atomic E-state index is 4.45. The number of nitrogens with one attached hydrogen (secondary N) is 1. The van der Waals surface area contributed by atoms with Crippen molar-refractivity contribution in [1.29, 1.82) is 0 Å². The molecule has 1 atom stereocenters. The first-order chi connectivity index (χ1) is 9.33. The summed E-state index contributed by atoms with van der Waals surface area (Å²) in [4.78, 5) is 11.2.